The fraction of sp³-hybridized carbons (Fsp3) is 0.417. The summed E-state index contributed by atoms with van der Waals surface area (Å²) in [7, 11) is 0. The number of hydrogen-bond acceptors (Lipinski definition) is 4. The first-order chi connectivity index (χ1) is 7.75. The molecular weight excluding hydrogens is 206 g/mol. The molecule has 1 aromatic rings. The normalized spacial score (nSPS) is 17.6. The van der Waals surface area contributed by atoms with Crippen LogP contribution in [0, 0.1) is 0 Å². The molecule has 1 fully saturated rings. The van der Waals surface area contributed by atoms with Gasteiger partial charge in [0.2, 0.25) is 0 Å². The summed E-state index contributed by atoms with van der Waals surface area (Å²) >= 11 is 0. The maximum Gasteiger partial charge on any atom is 0.323 e. The molecule has 0 spiro atoms. The van der Waals surface area contributed by atoms with Crippen LogP contribution in [0.2, 0.25) is 0 Å². The van der Waals surface area contributed by atoms with Crippen LogP contribution in [0.15, 0.2) is 30.3 Å². The van der Waals surface area contributed by atoms with E-state index in [1.54, 1.807) is 0 Å². The predicted octanol–water partition coefficient (Wildman–Crippen LogP) is 0.498. The van der Waals surface area contributed by atoms with E-state index < -0.39 is 6.04 Å². The first-order valence-electron chi connectivity index (χ1n) is 5.33. The van der Waals surface area contributed by atoms with Crippen molar-refractivity contribution >= 4 is 5.97 Å². The van der Waals surface area contributed by atoms with E-state index in [1.807, 2.05) is 30.3 Å². The Bertz CT molecular complexity index is 349. The second kappa shape index (κ2) is 5.09. The van der Waals surface area contributed by atoms with Gasteiger partial charge in [-0.2, -0.15) is 0 Å². The van der Waals surface area contributed by atoms with Crippen molar-refractivity contribution in [2.45, 2.75) is 18.6 Å². The van der Waals surface area contributed by atoms with Crippen LogP contribution in [0.3, 0.4) is 0 Å². The third-order valence-corrected chi connectivity index (χ3v) is 2.49. The van der Waals surface area contributed by atoms with E-state index in [0.29, 0.717) is 19.6 Å². The Balaban J connectivity index is 1.82. The largest absolute Gasteiger partial charge is 0.456 e. The van der Waals surface area contributed by atoms with Gasteiger partial charge < -0.3 is 15.2 Å². The summed E-state index contributed by atoms with van der Waals surface area (Å²) in [5, 5.41) is 0. The number of nitrogens with two attached hydrogens (primary N) is 1. The number of carbonyl (C=O) groups excluding carboxylic acids is 1. The Kier molecular flexibility index (Phi) is 3.54. The van der Waals surface area contributed by atoms with Gasteiger partial charge in [0, 0.05) is 0 Å². The smallest absolute Gasteiger partial charge is 0.323 e. The molecule has 4 nitrogen and oxygen atoms in total. The lowest BCUT2D eigenvalue weighted by atomic mass is 10.1. The minimum Gasteiger partial charge on any atom is -0.456 e. The molecule has 2 rings (SSSR count). The molecule has 0 amide bonds. The fourth-order valence-electron chi connectivity index (χ4n) is 1.49. The molecule has 1 unspecified atom stereocenters. The zero-order valence-electron chi connectivity index (χ0n) is 8.96. The molecule has 1 heterocycles. The SMILES string of the molecule is NC(Cc1ccccc1)C(=O)OC1COC1. The lowest BCUT2D eigenvalue weighted by Crippen LogP contribution is -2.43. The van der Waals surface area contributed by atoms with E-state index in [4.69, 9.17) is 15.2 Å². The van der Waals surface area contributed by atoms with Crippen LogP contribution < -0.4 is 5.73 Å². The molecule has 1 saturated heterocycles. The highest BCUT2D eigenvalue weighted by Gasteiger charge is 2.25. The van der Waals surface area contributed by atoms with Gasteiger partial charge in [0.05, 0.1) is 13.2 Å². The van der Waals surface area contributed by atoms with E-state index >= 15 is 0 Å². The second-order valence-corrected chi connectivity index (χ2v) is 3.89. The molecule has 1 aromatic carbocycles. The number of rotatable bonds is 4. The van der Waals surface area contributed by atoms with Crippen LogP contribution in [0.4, 0.5) is 0 Å². The number of ether oxygens (including phenoxy) is 2. The Morgan fingerprint density at radius 3 is 2.69 bits per heavy atom. The maximum absolute atomic E-state index is 11.5. The van der Waals surface area contributed by atoms with Gasteiger partial charge in [0.15, 0.2) is 0 Å². The molecule has 0 aliphatic carbocycles. The average Bonchev–Trinajstić information content (AvgIpc) is 2.24. The van der Waals surface area contributed by atoms with Crippen LogP contribution in [-0.2, 0) is 20.7 Å². The molecule has 0 aromatic heterocycles. The minimum atomic E-state index is -0.594. The second-order valence-electron chi connectivity index (χ2n) is 3.89. The highest BCUT2D eigenvalue weighted by Crippen LogP contribution is 2.08. The van der Waals surface area contributed by atoms with Crippen LogP contribution in [0.1, 0.15) is 5.56 Å². The molecule has 1 atom stereocenters. The molecule has 0 bridgehead atoms. The Labute approximate surface area is 94.3 Å². The van der Waals surface area contributed by atoms with Crippen LogP contribution in [-0.4, -0.2) is 31.3 Å². The standard InChI is InChI=1S/C12H15NO3/c13-11(6-9-4-2-1-3-5-9)12(14)16-10-7-15-8-10/h1-5,10-11H,6-8,13H2. The third kappa shape index (κ3) is 2.81. The van der Waals surface area contributed by atoms with E-state index in [-0.39, 0.29) is 12.1 Å². The van der Waals surface area contributed by atoms with Crippen molar-refractivity contribution in [3.8, 4) is 0 Å². The van der Waals surface area contributed by atoms with E-state index in [2.05, 4.69) is 0 Å². The summed E-state index contributed by atoms with van der Waals surface area (Å²) in [5.41, 5.74) is 6.80. The van der Waals surface area contributed by atoms with E-state index in [0.717, 1.165) is 5.56 Å². The quantitative estimate of drug-likeness (QED) is 0.752. The molecular formula is C12H15NO3. The van der Waals surface area contributed by atoms with E-state index in [1.165, 1.54) is 0 Å². The first-order valence-corrected chi connectivity index (χ1v) is 5.33. The first kappa shape index (κ1) is 11.1. The summed E-state index contributed by atoms with van der Waals surface area (Å²) in [6, 6.07) is 9.07. The van der Waals surface area contributed by atoms with Gasteiger partial charge in [-0.1, -0.05) is 30.3 Å². The van der Waals surface area contributed by atoms with Gasteiger partial charge in [-0.05, 0) is 12.0 Å². The van der Waals surface area contributed by atoms with E-state index in [9.17, 15) is 4.79 Å². The lowest BCUT2D eigenvalue weighted by molar-refractivity contribution is -0.173. The number of carbonyl (C=O) groups is 1. The van der Waals surface area contributed by atoms with Crippen molar-refractivity contribution < 1.29 is 14.3 Å². The molecule has 1 aliphatic rings. The van der Waals surface area contributed by atoms with Gasteiger partial charge >= 0.3 is 5.97 Å². The predicted molar refractivity (Wildman–Crippen MR) is 58.8 cm³/mol. The van der Waals surface area contributed by atoms with Crippen LogP contribution >= 0.6 is 0 Å². The van der Waals surface area contributed by atoms with Crippen molar-refractivity contribution in [3.05, 3.63) is 35.9 Å². The zero-order chi connectivity index (χ0) is 11.4. The molecule has 4 heteroatoms. The van der Waals surface area contributed by atoms with Crippen LogP contribution in [0.25, 0.3) is 0 Å². The molecule has 1 aliphatic heterocycles. The third-order valence-electron chi connectivity index (χ3n) is 2.49. The summed E-state index contributed by atoms with van der Waals surface area (Å²) in [6.45, 7) is 0.980. The molecule has 0 saturated carbocycles. The van der Waals surface area contributed by atoms with Gasteiger partial charge in [-0.3, -0.25) is 4.79 Å². The molecule has 86 valence electrons. The Hall–Kier alpha value is -1.39. The highest BCUT2D eigenvalue weighted by molar-refractivity contribution is 5.76. The van der Waals surface area contributed by atoms with Gasteiger partial charge in [-0.15, -0.1) is 0 Å². The minimum absolute atomic E-state index is 0.102. The fourth-order valence-corrected chi connectivity index (χ4v) is 1.49. The zero-order valence-corrected chi connectivity index (χ0v) is 8.96. The summed E-state index contributed by atoms with van der Waals surface area (Å²) in [4.78, 5) is 11.5. The average molecular weight is 221 g/mol. The maximum atomic E-state index is 11.5. The van der Waals surface area contributed by atoms with Crippen molar-refractivity contribution in [3.63, 3.8) is 0 Å². The number of hydrogen-bond donors (Lipinski definition) is 1. The number of benzene rings is 1. The summed E-state index contributed by atoms with van der Waals surface area (Å²) < 4.78 is 10.0. The van der Waals surface area contributed by atoms with Crippen molar-refractivity contribution in [2.75, 3.05) is 13.2 Å². The topological polar surface area (TPSA) is 61.6 Å². The van der Waals surface area contributed by atoms with Gasteiger partial charge in [0.25, 0.3) is 0 Å². The molecule has 2 N–H and O–H groups in total. The molecule has 0 radical (unpaired) electrons. The van der Waals surface area contributed by atoms with Crippen molar-refractivity contribution in [1.29, 1.82) is 0 Å². The van der Waals surface area contributed by atoms with Gasteiger partial charge in [-0.25, -0.2) is 0 Å². The van der Waals surface area contributed by atoms with Crippen molar-refractivity contribution in [2.24, 2.45) is 5.73 Å². The summed E-state index contributed by atoms with van der Waals surface area (Å²) in [5.74, 6) is -0.350. The monoisotopic (exact) mass is 221 g/mol. The van der Waals surface area contributed by atoms with Crippen LogP contribution in [0.5, 0.6) is 0 Å². The summed E-state index contributed by atoms with van der Waals surface area (Å²) in [6.07, 6.45) is 0.405. The van der Waals surface area contributed by atoms with Gasteiger partial charge in [0.1, 0.15) is 12.1 Å². The Morgan fingerprint density at radius 2 is 2.12 bits per heavy atom. The highest BCUT2D eigenvalue weighted by atomic mass is 16.6. The van der Waals surface area contributed by atoms with Crippen molar-refractivity contribution in [1.82, 2.24) is 0 Å². The Morgan fingerprint density at radius 1 is 1.44 bits per heavy atom. The molecule has 16 heavy (non-hydrogen) atoms. The number of esters is 1. The lowest BCUT2D eigenvalue weighted by Gasteiger charge is -2.26.